The maximum absolute atomic E-state index is 6.21. The molecule has 0 spiro atoms. The van der Waals surface area contributed by atoms with Gasteiger partial charge in [0.1, 0.15) is 0 Å². The fourth-order valence-corrected chi connectivity index (χ4v) is 8.76. The van der Waals surface area contributed by atoms with Crippen LogP contribution in [-0.2, 0) is 9.47 Å². The van der Waals surface area contributed by atoms with Gasteiger partial charge in [0.2, 0.25) is 0 Å². The van der Waals surface area contributed by atoms with Crippen LogP contribution in [0.15, 0.2) is 11.6 Å². The molecule has 0 heterocycles. The van der Waals surface area contributed by atoms with Crippen molar-refractivity contribution in [1.82, 2.24) is 0 Å². The Labute approximate surface area is 204 Å². The van der Waals surface area contributed by atoms with Crippen LogP contribution in [0, 0.1) is 40.4 Å². The highest BCUT2D eigenvalue weighted by molar-refractivity contribution is 5.25. The van der Waals surface area contributed by atoms with Gasteiger partial charge in [0, 0.05) is 6.54 Å². The van der Waals surface area contributed by atoms with Gasteiger partial charge in [0.05, 0.1) is 25.9 Å². The van der Waals surface area contributed by atoms with Gasteiger partial charge < -0.3 is 15.2 Å². The lowest BCUT2D eigenvalue weighted by molar-refractivity contribution is -0.0632. The van der Waals surface area contributed by atoms with Gasteiger partial charge in [-0.1, -0.05) is 58.6 Å². The predicted molar refractivity (Wildman–Crippen MR) is 138 cm³/mol. The second-order valence-electron chi connectivity index (χ2n) is 12.9. The first-order chi connectivity index (χ1) is 15.9. The number of hydrogen-bond acceptors (Lipinski definition) is 3. The molecular weight excluding hydrogens is 406 g/mol. The van der Waals surface area contributed by atoms with Crippen LogP contribution in [0.3, 0.4) is 0 Å². The van der Waals surface area contributed by atoms with Crippen LogP contribution in [0.25, 0.3) is 0 Å². The van der Waals surface area contributed by atoms with Crippen LogP contribution in [0.1, 0.15) is 105 Å². The summed E-state index contributed by atoms with van der Waals surface area (Å²) in [4.78, 5) is 0. The van der Waals surface area contributed by atoms with Crippen molar-refractivity contribution < 1.29 is 9.47 Å². The van der Waals surface area contributed by atoms with Crippen molar-refractivity contribution in [3.05, 3.63) is 11.6 Å². The Kier molecular flexibility index (Phi) is 8.67. The van der Waals surface area contributed by atoms with E-state index in [-0.39, 0.29) is 0 Å². The number of fused-ring (bicyclic) bond motifs is 5. The molecule has 3 nitrogen and oxygen atoms in total. The van der Waals surface area contributed by atoms with Gasteiger partial charge in [-0.05, 0) is 98.2 Å². The highest BCUT2D eigenvalue weighted by Gasteiger charge is 2.58. The molecule has 0 saturated heterocycles. The van der Waals surface area contributed by atoms with E-state index < -0.39 is 0 Å². The molecule has 4 aliphatic carbocycles. The van der Waals surface area contributed by atoms with E-state index in [0.717, 1.165) is 36.0 Å². The van der Waals surface area contributed by atoms with Crippen LogP contribution < -0.4 is 5.73 Å². The summed E-state index contributed by atoms with van der Waals surface area (Å²) in [6.45, 7) is 12.7. The molecule has 7 atom stereocenters. The quantitative estimate of drug-likeness (QED) is 0.264. The molecule has 2 N–H and O–H groups in total. The minimum absolute atomic E-state index is 0.387. The summed E-state index contributed by atoms with van der Waals surface area (Å²) in [6.07, 6.45) is 19.8. The first-order valence-corrected chi connectivity index (χ1v) is 14.5. The first kappa shape index (κ1) is 25.7. The van der Waals surface area contributed by atoms with Gasteiger partial charge in [-0.2, -0.15) is 0 Å². The molecule has 0 aliphatic heterocycles. The Hall–Kier alpha value is -0.380. The Bertz CT molecular complexity index is 660. The monoisotopic (exact) mass is 459 g/mol. The van der Waals surface area contributed by atoms with E-state index in [1.54, 1.807) is 5.57 Å². The molecule has 3 heteroatoms. The van der Waals surface area contributed by atoms with E-state index in [9.17, 15) is 0 Å². The average Bonchev–Trinajstić information content (AvgIpc) is 3.13. The zero-order valence-corrected chi connectivity index (χ0v) is 22.2. The number of ether oxygens (including phenoxy) is 2. The van der Waals surface area contributed by atoms with Gasteiger partial charge >= 0.3 is 0 Å². The molecule has 3 fully saturated rings. The molecule has 0 aromatic carbocycles. The summed E-state index contributed by atoms with van der Waals surface area (Å²) >= 11 is 0. The Balaban J connectivity index is 1.34. The van der Waals surface area contributed by atoms with Gasteiger partial charge in [0.25, 0.3) is 0 Å². The van der Waals surface area contributed by atoms with Crippen LogP contribution >= 0.6 is 0 Å². The normalized spacial score (nSPS) is 40.3. The lowest BCUT2D eigenvalue weighted by Crippen LogP contribution is -2.50. The molecular formula is C30H53NO2. The molecule has 4 aliphatic rings. The molecule has 0 aromatic rings. The molecule has 33 heavy (non-hydrogen) atoms. The Morgan fingerprint density at radius 1 is 1.00 bits per heavy atom. The van der Waals surface area contributed by atoms with Crippen LogP contribution in [0.2, 0.25) is 0 Å². The zero-order chi connectivity index (χ0) is 23.5. The number of hydrogen-bond donors (Lipinski definition) is 1. The summed E-state index contributed by atoms with van der Waals surface area (Å²) in [5.41, 5.74) is 8.28. The fourth-order valence-electron chi connectivity index (χ4n) is 8.76. The second-order valence-corrected chi connectivity index (χ2v) is 12.9. The van der Waals surface area contributed by atoms with Gasteiger partial charge in [-0.15, -0.1) is 0 Å². The Morgan fingerprint density at radius 3 is 2.64 bits per heavy atom. The van der Waals surface area contributed by atoms with E-state index in [1.165, 1.54) is 70.6 Å². The van der Waals surface area contributed by atoms with Crippen LogP contribution in [0.5, 0.6) is 0 Å². The standard InChI is InChI=1S/C30H53NO2/c1-22(2)7-5-6-8-23-10-12-27-26-11-9-24-21-25(33-20-19-32-18-17-31)13-15-30(24,4)28(26)14-16-29(23,27)3/h9,22-23,25-28H,5-8,10-21,31H2,1-4H3/t23-,25-,26?,27?,28?,29+,30-/m0/s1. The van der Waals surface area contributed by atoms with E-state index in [2.05, 4.69) is 33.8 Å². The van der Waals surface area contributed by atoms with E-state index in [0.29, 0.717) is 43.3 Å². The summed E-state index contributed by atoms with van der Waals surface area (Å²) in [5, 5.41) is 0. The predicted octanol–water partition coefficient (Wildman–Crippen LogP) is 7.14. The number of unbranched alkanes of at least 4 members (excludes halogenated alkanes) is 1. The first-order valence-electron chi connectivity index (χ1n) is 14.5. The topological polar surface area (TPSA) is 44.5 Å². The van der Waals surface area contributed by atoms with Crippen molar-refractivity contribution in [1.29, 1.82) is 0 Å². The maximum Gasteiger partial charge on any atom is 0.0704 e. The van der Waals surface area contributed by atoms with Crippen molar-refractivity contribution in [3.63, 3.8) is 0 Å². The third kappa shape index (κ3) is 5.41. The van der Waals surface area contributed by atoms with Gasteiger partial charge in [-0.3, -0.25) is 0 Å². The molecule has 4 rings (SSSR count). The molecule has 3 saturated carbocycles. The SMILES string of the molecule is CC(C)CCCC[C@H]1CCC2C3CC=C4C[C@@H](OCCOCCN)CC[C@]4(C)C3CC[C@@]21C. The number of rotatable bonds is 11. The Morgan fingerprint density at radius 2 is 1.85 bits per heavy atom. The lowest BCUT2D eigenvalue weighted by Gasteiger charge is -2.58. The number of nitrogens with two attached hydrogens (primary N) is 1. The van der Waals surface area contributed by atoms with Gasteiger partial charge in [-0.25, -0.2) is 0 Å². The largest absolute Gasteiger partial charge is 0.378 e. The van der Waals surface area contributed by atoms with E-state index >= 15 is 0 Å². The summed E-state index contributed by atoms with van der Waals surface area (Å²) < 4.78 is 11.7. The summed E-state index contributed by atoms with van der Waals surface area (Å²) in [7, 11) is 0. The summed E-state index contributed by atoms with van der Waals surface area (Å²) in [5.74, 6) is 4.65. The lowest BCUT2D eigenvalue weighted by atomic mass is 9.47. The molecule has 0 bridgehead atoms. The van der Waals surface area contributed by atoms with Gasteiger partial charge in [0.15, 0.2) is 0 Å². The molecule has 0 amide bonds. The molecule has 0 aromatic heterocycles. The highest BCUT2D eigenvalue weighted by atomic mass is 16.5. The number of allylic oxidation sites excluding steroid dienone is 1. The molecule has 3 unspecified atom stereocenters. The average molecular weight is 460 g/mol. The van der Waals surface area contributed by atoms with Crippen molar-refractivity contribution in [2.24, 2.45) is 46.2 Å². The van der Waals surface area contributed by atoms with Crippen molar-refractivity contribution in [2.75, 3.05) is 26.4 Å². The van der Waals surface area contributed by atoms with Crippen LogP contribution in [-0.4, -0.2) is 32.5 Å². The van der Waals surface area contributed by atoms with E-state index in [1.807, 2.05) is 0 Å². The minimum atomic E-state index is 0.387. The van der Waals surface area contributed by atoms with Crippen molar-refractivity contribution in [3.8, 4) is 0 Å². The second kappa shape index (κ2) is 11.1. The maximum atomic E-state index is 6.21. The molecule has 0 radical (unpaired) electrons. The summed E-state index contributed by atoms with van der Waals surface area (Å²) in [6, 6.07) is 0. The van der Waals surface area contributed by atoms with Crippen molar-refractivity contribution in [2.45, 2.75) is 111 Å². The zero-order valence-electron chi connectivity index (χ0n) is 22.2. The van der Waals surface area contributed by atoms with Crippen LogP contribution in [0.4, 0.5) is 0 Å². The smallest absolute Gasteiger partial charge is 0.0704 e. The molecule has 190 valence electrons. The van der Waals surface area contributed by atoms with Crippen molar-refractivity contribution >= 4 is 0 Å². The fraction of sp³-hybridized carbons (Fsp3) is 0.933. The highest BCUT2D eigenvalue weighted by Crippen LogP contribution is 2.66. The van der Waals surface area contributed by atoms with E-state index in [4.69, 9.17) is 15.2 Å². The minimum Gasteiger partial charge on any atom is -0.378 e. The third-order valence-corrected chi connectivity index (χ3v) is 10.7. The third-order valence-electron chi connectivity index (χ3n) is 10.7.